The van der Waals surface area contributed by atoms with E-state index in [1.165, 1.54) is 57.1 Å². The first-order valence-electron chi connectivity index (χ1n) is 13.4. The first-order valence-corrected chi connectivity index (χ1v) is 13.4. The molecule has 0 aromatic heterocycles. The molecule has 3 unspecified atom stereocenters. The minimum absolute atomic E-state index is 0.0844. The molecule has 0 N–H and O–H groups in total. The maximum Gasteiger partial charge on any atom is 0.491 e. The summed E-state index contributed by atoms with van der Waals surface area (Å²) in [6.45, 7) is 13.2. The number of carbonyl (C=O) groups excluding carboxylic acids is 1. The summed E-state index contributed by atoms with van der Waals surface area (Å²) in [6, 6.07) is 2.94. The van der Waals surface area contributed by atoms with Gasteiger partial charge in [0.15, 0.2) is 0 Å². The molecule has 0 bridgehead atoms. The lowest BCUT2D eigenvalue weighted by Crippen LogP contribution is -2.36. The molecule has 35 heavy (non-hydrogen) atoms. The SMILES string of the molecule is Cc1cc(OC(=O)C(F)(F)F)cc2c1OC(C)(CCCC(C)CCCC(C)CCCC(C)C)CC2. The van der Waals surface area contributed by atoms with Crippen molar-refractivity contribution >= 4 is 5.97 Å². The topological polar surface area (TPSA) is 35.5 Å². The van der Waals surface area contributed by atoms with Gasteiger partial charge < -0.3 is 9.47 Å². The smallest absolute Gasteiger partial charge is 0.487 e. The maximum atomic E-state index is 12.5. The van der Waals surface area contributed by atoms with Crippen LogP contribution in [0.1, 0.15) is 110 Å². The first-order chi connectivity index (χ1) is 16.3. The Morgan fingerprint density at radius 3 is 2.14 bits per heavy atom. The quantitative estimate of drug-likeness (QED) is 0.201. The van der Waals surface area contributed by atoms with Crippen molar-refractivity contribution in [3.8, 4) is 11.5 Å². The molecule has 1 aliphatic rings. The van der Waals surface area contributed by atoms with Gasteiger partial charge in [0, 0.05) is 0 Å². The monoisotopic (exact) mass is 498 g/mol. The van der Waals surface area contributed by atoms with Gasteiger partial charge in [-0.05, 0) is 80.5 Å². The van der Waals surface area contributed by atoms with Gasteiger partial charge in [-0.1, -0.05) is 72.6 Å². The van der Waals surface area contributed by atoms with Crippen molar-refractivity contribution in [2.24, 2.45) is 17.8 Å². The van der Waals surface area contributed by atoms with E-state index in [-0.39, 0.29) is 11.4 Å². The molecule has 200 valence electrons. The normalized spacial score (nSPS) is 19.7. The molecule has 0 amide bonds. The Hall–Kier alpha value is -1.72. The van der Waals surface area contributed by atoms with Gasteiger partial charge in [-0.25, -0.2) is 4.79 Å². The Bertz CT molecular complexity index is 818. The Kier molecular flexibility index (Phi) is 11.0. The van der Waals surface area contributed by atoms with Crippen LogP contribution in [0.3, 0.4) is 0 Å². The van der Waals surface area contributed by atoms with Gasteiger partial charge in [0.1, 0.15) is 17.1 Å². The average Bonchev–Trinajstić information content (AvgIpc) is 2.73. The predicted molar refractivity (Wildman–Crippen MR) is 135 cm³/mol. The van der Waals surface area contributed by atoms with Crippen LogP contribution in [-0.2, 0) is 11.2 Å². The fourth-order valence-corrected chi connectivity index (χ4v) is 5.04. The zero-order chi connectivity index (χ0) is 26.2. The van der Waals surface area contributed by atoms with E-state index < -0.39 is 12.1 Å². The van der Waals surface area contributed by atoms with Crippen LogP contribution >= 0.6 is 0 Å². The standard InChI is InChI=1S/C29H45F3O3/c1-20(2)10-7-11-21(3)12-8-13-22(4)14-9-16-28(6)17-15-24-19-25(18-23(5)26(24)35-28)34-27(33)29(30,31)32/h18-22H,7-17H2,1-6H3. The molecule has 1 aromatic carbocycles. The van der Waals surface area contributed by atoms with E-state index in [1.54, 1.807) is 6.92 Å². The van der Waals surface area contributed by atoms with Crippen molar-refractivity contribution in [2.75, 3.05) is 0 Å². The van der Waals surface area contributed by atoms with Crippen LogP contribution in [0.5, 0.6) is 11.5 Å². The molecule has 1 heterocycles. The van der Waals surface area contributed by atoms with Gasteiger partial charge in [-0.15, -0.1) is 0 Å². The third-order valence-electron chi connectivity index (χ3n) is 7.31. The number of alkyl halides is 3. The highest BCUT2D eigenvalue weighted by Crippen LogP contribution is 2.40. The van der Waals surface area contributed by atoms with Crippen LogP contribution in [0.2, 0.25) is 0 Å². The third-order valence-corrected chi connectivity index (χ3v) is 7.31. The number of hydrogen-bond donors (Lipinski definition) is 0. The van der Waals surface area contributed by atoms with Gasteiger partial charge in [0.05, 0.1) is 0 Å². The van der Waals surface area contributed by atoms with Gasteiger partial charge in [0.25, 0.3) is 0 Å². The highest BCUT2D eigenvalue weighted by Gasteiger charge is 2.41. The van der Waals surface area contributed by atoms with Crippen molar-refractivity contribution in [3.63, 3.8) is 0 Å². The van der Waals surface area contributed by atoms with Crippen LogP contribution < -0.4 is 9.47 Å². The minimum Gasteiger partial charge on any atom is -0.487 e. The second-order valence-electron chi connectivity index (χ2n) is 11.5. The van der Waals surface area contributed by atoms with Crippen molar-refractivity contribution in [3.05, 3.63) is 23.3 Å². The van der Waals surface area contributed by atoms with Crippen LogP contribution in [0, 0.1) is 24.7 Å². The lowest BCUT2D eigenvalue weighted by Gasteiger charge is -2.37. The Morgan fingerprint density at radius 1 is 1.00 bits per heavy atom. The van der Waals surface area contributed by atoms with E-state index >= 15 is 0 Å². The zero-order valence-corrected chi connectivity index (χ0v) is 22.5. The number of aryl methyl sites for hydroxylation is 2. The van der Waals surface area contributed by atoms with Crippen molar-refractivity contribution in [1.82, 2.24) is 0 Å². The van der Waals surface area contributed by atoms with Crippen molar-refractivity contribution in [1.29, 1.82) is 0 Å². The summed E-state index contributed by atoms with van der Waals surface area (Å²) in [4.78, 5) is 11.2. The molecule has 1 aliphatic heterocycles. The Labute approximate surface area is 210 Å². The van der Waals surface area contributed by atoms with E-state index in [2.05, 4.69) is 39.4 Å². The average molecular weight is 499 g/mol. The number of halogens is 3. The second-order valence-corrected chi connectivity index (χ2v) is 11.5. The number of fused-ring (bicyclic) bond motifs is 1. The van der Waals surface area contributed by atoms with Crippen LogP contribution in [-0.4, -0.2) is 17.7 Å². The van der Waals surface area contributed by atoms with E-state index in [0.29, 0.717) is 23.7 Å². The lowest BCUT2D eigenvalue weighted by molar-refractivity contribution is -0.189. The van der Waals surface area contributed by atoms with Gasteiger partial charge in [-0.3, -0.25) is 0 Å². The number of ether oxygens (including phenoxy) is 2. The molecule has 3 nitrogen and oxygen atoms in total. The number of esters is 1. The molecule has 0 aliphatic carbocycles. The summed E-state index contributed by atoms with van der Waals surface area (Å²) in [5.74, 6) is 0.744. The van der Waals surface area contributed by atoms with E-state index in [0.717, 1.165) is 36.7 Å². The van der Waals surface area contributed by atoms with Gasteiger partial charge in [-0.2, -0.15) is 13.2 Å². The number of benzene rings is 1. The van der Waals surface area contributed by atoms with E-state index in [1.807, 2.05) is 0 Å². The Morgan fingerprint density at radius 2 is 1.57 bits per heavy atom. The molecule has 6 heteroatoms. The minimum atomic E-state index is -5.01. The number of carbonyl (C=O) groups is 1. The third kappa shape index (κ3) is 10.0. The zero-order valence-electron chi connectivity index (χ0n) is 22.5. The number of rotatable bonds is 13. The summed E-state index contributed by atoms with van der Waals surface area (Å²) in [5.41, 5.74) is 1.20. The molecule has 2 rings (SSSR count). The molecule has 1 aromatic rings. The first kappa shape index (κ1) is 29.5. The van der Waals surface area contributed by atoms with Gasteiger partial charge >= 0.3 is 12.1 Å². The van der Waals surface area contributed by atoms with Crippen LogP contribution in [0.25, 0.3) is 0 Å². The molecule has 0 spiro atoms. The summed E-state index contributed by atoms with van der Waals surface area (Å²) < 4.78 is 48.5. The van der Waals surface area contributed by atoms with Crippen LogP contribution in [0.4, 0.5) is 13.2 Å². The number of hydrogen-bond acceptors (Lipinski definition) is 3. The fraction of sp³-hybridized carbons (Fsp3) is 0.759. The summed E-state index contributed by atoms with van der Waals surface area (Å²) >= 11 is 0. The predicted octanol–water partition coefficient (Wildman–Crippen LogP) is 8.99. The summed E-state index contributed by atoms with van der Waals surface area (Å²) in [7, 11) is 0. The summed E-state index contributed by atoms with van der Waals surface area (Å²) in [6.07, 6.45) is 7.60. The maximum absolute atomic E-state index is 12.5. The molecule has 3 atom stereocenters. The second kappa shape index (κ2) is 13.0. The van der Waals surface area contributed by atoms with Crippen molar-refractivity contribution in [2.45, 2.75) is 124 Å². The molecular formula is C29H45F3O3. The van der Waals surface area contributed by atoms with E-state index in [4.69, 9.17) is 4.74 Å². The highest BCUT2D eigenvalue weighted by atomic mass is 19.4. The van der Waals surface area contributed by atoms with Gasteiger partial charge in [0.2, 0.25) is 0 Å². The van der Waals surface area contributed by atoms with Crippen LogP contribution in [0.15, 0.2) is 12.1 Å². The molecule has 0 radical (unpaired) electrons. The molecule has 0 saturated carbocycles. The molecule has 0 saturated heterocycles. The molecular weight excluding hydrogens is 453 g/mol. The Balaban J connectivity index is 1.77. The lowest BCUT2D eigenvalue weighted by atomic mass is 9.85. The van der Waals surface area contributed by atoms with E-state index in [9.17, 15) is 18.0 Å². The molecule has 0 fully saturated rings. The summed E-state index contributed by atoms with van der Waals surface area (Å²) in [5, 5.41) is 0. The highest BCUT2D eigenvalue weighted by molar-refractivity contribution is 5.78. The fourth-order valence-electron chi connectivity index (χ4n) is 5.04. The largest absolute Gasteiger partial charge is 0.491 e. The van der Waals surface area contributed by atoms with Crippen molar-refractivity contribution < 1.29 is 27.4 Å².